The van der Waals surface area contributed by atoms with Crippen molar-refractivity contribution >= 4 is 24.0 Å². The molecule has 2 rings (SSSR count). The molecule has 3 nitrogen and oxygen atoms in total. The highest BCUT2D eigenvalue weighted by Gasteiger charge is 2.14. The lowest BCUT2D eigenvalue weighted by molar-refractivity contribution is 0.880. The van der Waals surface area contributed by atoms with Gasteiger partial charge < -0.3 is 15.7 Å². The van der Waals surface area contributed by atoms with Gasteiger partial charge in [-0.1, -0.05) is 43.9 Å². The highest BCUT2D eigenvalue weighted by atomic mass is 32.1. The Morgan fingerprint density at radius 3 is 2.84 bits per heavy atom. The minimum Gasteiger partial charge on any atom is -0.398 e. The highest BCUT2D eigenvalue weighted by Crippen LogP contribution is 2.29. The summed E-state index contributed by atoms with van der Waals surface area (Å²) in [5, 5.41) is 0. The highest BCUT2D eigenvalue weighted by molar-refractivity contribution is 7.71. The van der Waals surface area contributed by atoms with Gasteiger partial charge in [0.15, 0.2) is 4.77 Å². The third kappa shape index (κ3) is 2.85. The van der Waals surface area contributed by atoms with E-state index in [4.69, 9.17) is 18.0 Å². The SMILES string of the molecule is C=C/C=C\c1c(N)cccc1[C@@H](C)c1c[nH]c(=S)[nH]1. The zero-order valence-electron chi connectivity index (χ0n) is 10.8. The van der Waals surface area contributed by atoms with Crippen molar-refractivity contribution in [2.45, 2.75) is 12.8 Å². The fourth-order valence-corrected chi connectivity index (χ4v) is 2.26. The molecule has 2 aromatic rings. The van der Waals surface area contributed by atoms with Gasteiger partial charge in [0.1, 0.15) is 0 Å². The molecule has 0 amide bonds. The van der Waals surface area contributed by atoms with E-state index in [1.807, 2.05) is 30.5 Å². The number of nitrogens with one attached hydrogen (secondary N) is 2. The molecule has 19 heavy (non-hydrogen) atoms. The number of imidazole rings is 1. The van der Waals surface area contributed by atoms with Gasteiger partial charge in [-0.05, 0) is 23.8 Å². The van der Waals surface area contributed by atoms with Crippen LogP contribution in [0.4, 0.5) is 5.69 Å². The van der Waals surface area contributed by atoms with E-state index in [1.54, 1.807) is 6.08 Å². The van der Waals surface area contributed by atoms with Gasteiger partial charge in [-0.25, -0.2) is 0 Å². The Kier molecular flexibility index (Phi) is 4.02. The first-order valence-electron chi connectivity index (χ1n) is 6.08. The summed E-state index contributed by atoms with van der Waals surface area (Å²) >= 11 is 5.07. The van der Waals surface area contributed by atoms with E-state index < -0.39 is 0 Å². The predicted octanol–water partition coefficient (Wildman–Crippen LogP) is 4.01. The Hall–Kier alpha value is -2.07. The van der Waals surface area contributed by atoms with Crippen molar-refractivity contribution in [3.63, 3.8) is 0 Å². The smallest absolute Gasteiger partial charge is 0.174 e. The van der Waals surface area contributed by atoms with E-state index in [0.29, 0.717) is 4.77 Å². The summed E-state index contributed by atoms with van der Waals surface area (Å²) in [7, 11) is 0. The predicted molar refractivity (Wildman–Crippen MR) is 83.6 cm³/mol. The number of nitrogen functional groups attached to an aromatic ring is 1. The van der Waals surface area contributed by atoms with Gasteiger partial charge in [0.25, 0.3) is 0 Å². The largest absolute Gasteiger partial charge is 0.398 e. The van der Waals surface area contributed by atoms with E-state index in [9.17, 15) is 0 Å². The van der Waals surface area contributed by atoms with Gasteiger partial charge in [0, 0.05) is 29.1 Å². The van der Waals surface area contributed by atoms with Crippen molar-refractivity contribution in [2.24, 2.45) is 0 Å². The van der Waals surface area contributed by atoms with E-state index in [0.717, 1.165) is 22.5 Å². The van der Waals surface area contributed by atoms with E-state index in [-0.39, 0.29) is 5.92 Å². The molecule has 1 atom stereocenters. The minimum absolute atomic E-state index is 0.181. The number of hydrogen-bond acceptors (Lipinski definition) is 2. The lowest BCUT2D eigenvalue weighted by Gasteiger charge is -2.15. The van der Waals surface area contributed by atoms with Crippen molar-refractivity contribution in [1.29, 1.82) is 0 Å². The molecular weight excluding hydrogens is 254 g/mol. The number of aromatic amines is 2. The van der Waals surface area contributed by atoms with Gasteiger partial charge in [0.2, 0.25) is 0 Å². The van der Waals surface area contributed by atoms with Crippen molar-refractivity contribution in [1.82, 2.24) is 9.97 Å². The van der Waals surface area contributed by atoms with Crippen molar-refractivity contribution in [3.05, 3.63) is 64.7 Å². The van der Waals surface area contributed by atoms with Gasteiger partial charge in [-0.3, -0.25) is 0 Å². The van der Waals surface area contributed by atoms with Crippen LogP contribution in [0.2, 0.25) is 0 Å². The van der Waals surface area contributed by atoms with Crippen LogP contribution in [-0.4, -0.2) is 9.97 Å². The lowest BCUT2D eigenvalue weighted by atomic mass is 9.92. The third-order valence-corrected chi connectivity index (χ3v) is 3.34. The first kappa shape index (κ1) is 13.4. The Bertz CT molecular complexity index is 664. The molecule has 4 heteroatoms. The first-order valence-corrected chi connectivity index (χ1v) is 6.49. The van der Waals surface area contributed by atoms with Crippen LogP contribution in [0.1, 0.15) is 29.7 Å². The Balaban J connectivity index is 2.49. The van der Waals surface area contributed by atoms with Gasteiger partial charge >= 0.3 is 0 Å². The molecule has 0 aliphatic heterocycles. The number of allylic oxidation sites excluding steroid dienone is 2. The number of benzene rings is 1. The number of hydrogen-bond donors (Lipinski definition) is 3. The average molecular weight is 271 g/mol. The maximum absolute atomic E-state index is 6.06. The molecule has 0 aliphatic carbocycles. The summed E-state index contributed by atoms with van der Waals surface area (Å²) < 4.78 is 0.633. The molecule has 98 valence electrons. The van der Waals surface area contributed by atoms with Crippen molar-refractivity contribution < 1.29 is 0 Å². The molecule has 1 heterocycles. The molecule has 0 saturated heterocycles. The van der Waals surface area contributed by atoms with Crippen molar-refractivity contribution in [3.8, 4) is 0 Å². The molecular formula is C15H17N3S. The standard InChI is InChI=1S/C15H17N3S/c1-3-4-6-12-11(7-5-8-13(12)16)10(2)14-9-17-15(19)18-14/h3-10H,1,16H2,2H3,(H2,17,18,19)/b6-4-/t10-/m1/s1. The van der Waals surface area contributed by atoms with Crippen LogP contribution in [0.15, 0.2) is 43.1 Å². The Labute approximate surface area is 117 Å². The van der Waals surface area contributed by atoms with Gasteiger partial charge in [0.05, 0.1) is 0 Å². The van der Waals surface area contributed by atoms with Crippen LogP contribution in [-0.2, 0) is 0 Å². The second kappa shape index (κ2) is 5.71. The quantitative estimate of drug-likeness (QED) is 0.447. The van der Waals surface area contributed by atoms with Crippen LogP contribution in [0.25, 0.3) is 6.08 Å². The maximum atomic E-state index is 6.06. The topological polar surface area (TPSA) is 57.6 Å². The van der Waals surface area contributed by atoms with Crippen LogP contribution in [0.3, 0.4) is 0 Å². The molecule has 0 aliphatic rings. The zero-order chi connectivity index (χ0) is 13.8. The molecule has 1 aromatic heterocycles. The fraction of sp³-hybridized carbons (Fsp3) is 0.133. The number of anilines is 1. The number of rotatable bonds is 4. The average Bonchev–Trinajstić information content (AvgIpc) is 2.83. The Morgan fingerprint density at radius 2 is 2.21 bits per heavy atom. The normalized spacial score (nSPS) is 12.7. The fourth-order valence-electron chi connectivity index (χ4n) is 2.08. The van der Waals surface area contributed by atoms with Crippen LogP contribution >= 0.6 is 12.2 Å². The second-order valence-corrected chi connectivity index (χ2v) is 4.77. The van der Waals surface area contributed by atoms with Gasteiger partial charge in [-0.2, -0.15) is 0 Å². The summed E-state index contributed by atoms with van der Waals surface area (Å²) in [6.45, 7) is 5.81. The second-order valence-electron chi connectivity index (χ2n) is 4.36. The molecule has 0 fully saturated rings. The summed E-state index contributed by atoms with van der Waals surface area (Å²) in [6.07, 6.45) is 7.51. The lowest BCUT2D eigenvalue weighted by Crippen LogP contribution is -2.02. The van der Waals surface area contributed by atoms with E-state index >= 15 is 0 Å². The zero-order valence-corrected chi connectivity index (χ0v) is 11.6. The number of aromatic nitrogens is 2. The molecule has 0 bridgehead atoms. The Morgan fingerprint density at radius 1 is 1.42 bits per heavy atom. The first-order chi connectivity index (χ1) is 9.13. The number of H-pyrrole nitrogens is 2. The maximum Gasteiger partial charge on any atom is 0.174 e. The molecule has 0 unspecified atom stereocenters. The molecule has 0 spiro atoms. The summed E-state index contributed by atoms with van der Waals surface area (Å²) in [6, 6.07) is 5.94. The minimum atomic E-state index is 0.181. The molecule has 4 N–H and O–H groups in total. The summed E-state index contributed by atoms with van der Waals surface area (Å²) in [4.78, 5) is 6.14. The van der Waals surface area contributed by atoms with Crippen LogP contribution in [0, 0.1) is 4.77 Å². The van der Waals surface area contributed by atoms with Gasteiger partial charge in [-0.15, -0.1) is 0 Å². The summed E-state index contributed by atoms with van der Waals surface area (Å²) in [5.74, 6) is 0.181. The van der Waals surface area contributed by atoms with E-state index in [1.165, 1.54) is 0 Å². The summed E-state index contributed by atoms with van der Waals surface area (Å²) in [5.41, 5.74) is 10.0. The monoisotopic (exact) mass is 271 g/mol. The van der Waals surface area contributed by atoms with Crippen LogP contribution < -0.4 is 5.73 Å². The third-order valence-electron chi connectivity index (χ3n) is 3.12. The van der Waals surface area contributed by atoms with E-state index in [2.05, 4.69) is 29.5 Å². The van der Waals surface area contributed by atoms with Crippen molar-refractivity contribution in [2.75, 3.05) is 5.73 Å². The molecule has 0 saturated carbocycles. The molecule has 1 aromatic carbocycles. The van der Waals surface area contributed by atoms with Crippen LogP contribution in [0.5, 0.6) is 0 Å². The molecule has 0 radical (unpaired) electrons. The number of nitrogens with two attached hydrogens (primary N) is 1.